The number of rotatable bonds is 9. The Balaban J connectivity index is 1.40. The molecule has 1 amide bonds. The van der Waals surface area contributed by atoms with Crippen molar-refractivity contribution in [1.82, 2.24) is 10.4 Å². The molecule has 0 aliphatic rings. The number of carbonyl (C=O) groups excluding carboxylic acids is 2. The lowest BCUT2D eigenvalue weighted by Crippen LogP contribution is -2.19. The van der Waals surface area contributed by atoms with E-state index in [9.17, 15) is 9.59 Å². The number of nitrogens with one attached hydrogen (secondary N) is 2. The van der Waals surface area contributed by atoms with Crippen molar-refractivity contribution in [3.05, 3.63) is 106 Å². The molecule has 1 heterocycles. The van der Waals surface area contributed by atoms with Crippen LogP contribution in [0.3, 0.4) is 0 Å². The van der Waals surface area contributed by atoms with Crippen molar-refractivity contribution < 1.29 is 28.5 Å². The van der Waals surface area contributed by atoms with Crippen LogP contribution in [0.2, 0.25) is 0 Å². The topological polar surface area (TPSA) is 111 Å². The van der Waals surface area contributed by atoms with Crippen LogP contribution in [-0.2, 0) is 0 Å². The number of H-pyrrole nitrogens is 1. The standard InChI is InChI=1S/C32H26BrN3O6/c1-39-24-15-16-25(40-2)29-28(24)27(20-7-5-4-6-8-20)30(35-29)31(37)36-34-18-19-9-14-23(26(17-19)41-3)42-32(38)21-10-12-22(33)13-11-21/h4-18,35H,1-3H3,(H,36,37). The molecule has 42 heavy (non-hydrogen) atoms. The summed E-state index contributed by atoms with van der Waals surface area (Å²) in [5, 5.41) is 4.87. The van der Waals surface area contributed by atoms with E-state index in [1.165, 1.54) is 13.3 Å². The fourth-order valence-electron chi connectivity index (χ4n) is 4.47. The molecular weight excluding hydrogens is 602 g/mol. The molecule has 0 fully saturated rings. The number of fused-ring (bicyclic) bond motifs is 1. The van der Waals surface area contributed by atoms with Crippen LogP contribution in [0.25, 0.3) is 22.0 Å². The third-order valence-electron chi connectivity index (χ3n) is 6.46. The summed E-state index contributed by atoms with van der Waals surface area (Å²) in [5.41, 5.74) is 6.00. The number of amides is 1. The number of hydrazone groups is 1. The molecule has 10 heteroatoms. The Labute approximate surface area is 250 Å². The predicted octanol–water partition coefficient (Wildman–Crippen LogP) is 6.61. The van der Waals surface area contributed by atoms with Gasteiger partial charge in [0.25, 0.3) is 5.91 Å². The second kappa shape index (κ2) is 12.6. The lowest BCUT2D eigenvalue weighted by atomic mass is 10.0. The number of esters is 1. The Hall–Kier alpha value is -5.09. The summed E-state index contributed by atoms with van der Waals surface area (Å²) >= 11 is 3.35. The molecule has 9 nitrogen and oxygen atoms in total. The van der Waals surface area contributed by atoms with Crippen molar-refractivity contribution in [2.45, 2.75) is 0 Å². The van der Waals surface area contributed by atoms with Crippen LogP contribution in [0.15, 0.2) is 94.5 Å². The van der Waals surface area contributed by atoms with Gasteiger partial charge < -0.3 is 23.9 Å². The summed E-state index contributed by atoms with van der Waals surface area (Å²) in [5.74, 6) is 0.764. The number of methoxy groups -OCH3 is 3. The maximum Gasteiger partial charge on any atom is 0.343 e. The summed E-state index contributed by atoms with van der Waals surface area (Å²) in [6, 6.07) is 24.9. The largest absolute Gasteiger partial charge is 0.496 e. The number of aromatic nitrogens is 1. The SMILES string of the molecule is COc1cc(C=NNC(=O)c2[nH]c3c(OC)ccc(OC)c3c2-c2ccccc2)ccc1OC(=O)c1ccc(Br)cc1. The molecule has 2 N–H and O–H groups in total. The zero-order valence-corrected chi connectivity index (χ0v) is 24.5. The molecular formula is C32H26BrN3O6. The van der Waals surface area contributed by atoms with Crippen molar-refractivity contribution in [3.63, 3.8) is 0 Å². The first-order valence-corrected chi connectivity index (χ1v) is 13.5. The fraction of sp³-hybridized carbons (Fsp3) is 0.0938. The molecule has 0 unspecified atom stereocenters. The number of carbonyl (C=O) groups is 2. The van der Waals surface area contributed by atoms with Crippen LogP contribution in [0, 0.1) is 0 Å². The lowest BCUT2D eigenvalue weighted by Gasteiger charge is -2.10. The average molecular weight is 628 g/mol. The van der Waals surface area contributed by atoms with Crippen molar-refractivity contribution in [2.24, 2.45) is 5.10 Å². The number of benzene rings is 4. The molecule has 4 aromatic carbocycles. The maximum absolute atomic E-state index is 13.4. The molecule has 0 saturated heterocycles. The van der Waals surface area contributed by atoms with Gasteiger partial charge in [0, 0.05) is 10.0 Å². The van der Waals surface area contributed by atoms with E-state index < -0.39 is 11.9 Å². The zero-order valence-electron chi connectivity index (χ0n) is 22.9. The van der Waals surface area contributed by atoms with E-state index in [0.29, 0.717) is 45.1 Å². The molecule has 0 aliphatic carbocycles. The molecule has 0 atom stereocenters. The molecule has 0 spiro atoms. The molecule has 0 aliphatic heterocycles. The number of nitrogens with zero attached hydrogens (tertiary/aromatic N) is 1. The smallest absolute Gasteiger partial charge is 0.343 e. The second-order valence-corrected chi connectivity index (χ2v) is 9.88. The van der Waals surface area contributed by atoms with Gasteiger partial charge in [0.2, 0.25) is 0 Å². The summed E-state index contributed by atoms with van der Waals surface area (Å²) in [6.07, 6.45) is 1.47. The van der Waals surface area contributed by atoms with Crippen molar-refractivity contribution >= 4 is 44.9 Å². The molecule has 212 valence electrons. The highest BCUT2D eigenvalue weighted by Gasteiger charge is 2.24. The van der Waals surface area contributed by atoms with Crippen LogP contribution in [0.1, 0.15) is 26.4 Å². The van der Waals surface area contributed by atoms with Gasteiger partial charge in [-0.25, -0.2) is 10.2 Å². The van der Waals surface area contributed by atoms with Gasteiger partial charge in [-0.3, -0.25) is 4.79 Å². The first-order chi connectivity index (χ1) is 20.4. The van der Waals surface area contributed by atoms with Crippen LogP contribution in [-0.4, -0.2) is 44.4 Å². The van der Waals surface area contributed by atoms with Gasteiger partial charge in [-0.05, 0) is 65.7 Å². The van der Waals surface area contributed by atoms with Crippen LogP contribution >= 0.6 is 15.9 Å². The third kappa shape index (κ3) is 5.84. The van der Waals surface area contributed by atoms with Crippen LogP contribution in [0.4, 0.5) is 0 Å². The van der Waals surface area contributed by atoms with Crippen LogP contribution in [0.5, 0.6) is 23.0 Å². The van der Waals surface area contributed by atoms with E-state index in [1.54, 1.807) is 68.8 Å². The average Bonchev–Trinajstić information content (AvgIpc) is 3.43. The summed E-state index contributed by atoms with van der Waals surface area (Å²) in [4.78, 5) is 29.2. The van der Waals surface area contributed by atoms with E-state index in [0.717, 1.165) is 15.4 Å². The van der Waals surface area contributed by atoms with Crippen molar-refractivity contribution in [1.29, 1.82) is 0 Å². The summed E-state index contributed by atoms with van der Waals surface area (Å²) in [6.45, 7) is 0. The molecule has 0 radical (unpaired) electrons. The molecule has 1 aromatic heterocycles. The first kappa shape index (κ1) is 28.4. The minimum Gasteiger partial charge on any atom is -0.496 e. The maximum atomic E-state index is 13.4. The van der Waals surface area contributed by atoms with E-state index >= 15 is 0 Å². The number of ether oxygens (including phenoxy) is 4. The van der Waals surface area contributed by atoms with Crippen LogP contribution < -0.4 is 24.4 Å². The van der Waals surface area contributed by atoms with E-state index in [4.69, 9.17) is 18.9 Å². The van der Waals surface area contributed by atoms with Gasteiger partial charge >= 0.3 is 5.97 Å². The fourth-order valence-corrected chi connectivity index (χ4v) is 4.73. The van der Waals surface area contributed by atoms with Gasteiger partial charge in [0.05, 0.1) is 44.0 Å². The number of hydrogen-bond donors (Lipinski definition) is 2. The van der Waals surface area contributed by atoms with E-state index in [2.05, 4.69) is 31.4 Å². The quantitative estimate of drug-likeness (QED) is 0.0823. The third-order valence-corrected chi connectivity index (χ3v) is 6.99. The highest BCUT2D eigenvalue weighted by atomic mass is 79.9. The number of aromatic amines is 1. The zero-order chi connectivity index (χ0) is 29.6. The molecule has 5 aromatic rings. The van der Waals surface area contributed by atoms with Gasteiger partial charge in [-0.1, -0.05) is 46.3 Å². The lowest BCUT2D eigenvalue weighted by molar-refractivity contribution is 0.0729. The molecule has 5 rings (SSSR count). The minimum atomic E-state index is -0.518. The predicted molar refractivity (Wildman–Crippen MR) is 164 cm³/mol. The Morgan fingerprint density at radius 1 is 0.810 bits per heavy atom. The minimum absolute atomic E-state index is 0.250. The van der Waals surface area contributed by atoms with Gasteiger partial charge in [0.15, 0.2) is 11.5 Å². The first-order valence-electron chi connectivity index (χ1n) is 12.7. The normalized spacial score (nSPS) is 11.0. The molecule has 0 saturated carbocycles. The number of hydrogen-bond acceptors (Lipinski definition) is 7. The van der Waals surface area contributed by atoms with Gasteiger partial charge in [-0.15, -0.1) is 0 Å². The van der Waals surface area contributed by atoms with Gasteiger partial charge in [0.1, 0.15) is 17.2 Å². The summed E-state index contributed by atoms with van der Waals surface area (Å²) < 4.78 is 23.0. The van der Waals surface area contributed by atoms with E-state index in [1.807, 2.05) is 30.3 Å². The van der Waals surface area contributed by atoms with Crippen molar-refractivity contribution in [3.8, 4) is 34.1 Å². The molecule has 0 bridgehead atoms. The summed E-state index contributed by atoms with van der Waals surface area (Å²) in [7, 11) is 4.61. The highest BCUT2D eigenvalue weighted by Crippen LogP contribution is 2.42. The Morgan fingerprint density at radius 3 is 2.17 bits per heavy atom. The van der Waals surface area contributed by atoms with Crippen molar-refractivity contribution in [2.75, 3.05) is 21.3 Å². The Morgan fingerprint density at radius 2 is 1.48 bits per heavy atom. The highest BCUT2D eigenvalue weighted by molar-refractivity contribution is 9.10. The second-order valence-electron chi connectivity index (χ2n) is 8.97. The number of halogens is 1. The Bertz CT molecular complexity index is 1780. The van der Waals surface area contributed by atoms with Gasteiger partial charge in [-0.2, -0.15) is 5.10 Å². The Kier molecular flexibility index (Phi) is 8.54. The van der Waals surface area contributed by atoms with E-state index in [-0.39, 0.29) is 5.75 Å². The monoisotopic (exact) mass is 627 g/mol.